The van der Waals surface area contributed by atoms with Gasteiger partial charge in [0.1, 0.15) is 5.82 Å². The number of nitrogens with zero attached hydrogens (tertiary/aromatic N) is 4. The highest BCUT2D eigenvalue weighted by molar-refractivity contribution is 5.94. The van der Waals surface area contributed by atoms with Crippen molar-refractivity contribution in [1.29, 1.82) is 0 Å². The Morgan fingerprint density at radius 3 is 2.54 bits per heavy atom. The van der Waals surface area contributed by atoms with E-state index in [1.165, 1.54) is 0 Å². The number of carbonyl (C=O) groups is 1. The molecule has 1 amide bonds. The number of aryl methyl sites for hydroxylation is 1. The lowest BCUT2D eigenvalue weighted by molar-refractivity contribution is -0.121. The quantitative estimate of drug-likeness (QED) is 0.745. The number of aromatic nitrogens is 3. The average Bonchev–Trinajstić information content (AvgIpc) is 3.14. The number of nitrogens with one attached hydrogen (secondary N) is 1. The third-order valence-corrected chi connectivity index (χ3v) is 5.52. The molecule has 1 N–H and O–H groups in total. The van der Waals surface area contributed by atoms with E-state index in [4.69, 9.17) is 4.42 Å². The molecule has 0 aliphatic heterocycles. The van der Waals surface area contributed by atoms with Crippen molar-refractivity contribution in [2.45, 2.75) is 38.6 Å². The van der Waals surface area contributed by atoms with Gasteiger partial charge < -0.3 is 14.6 Å². The average molecular weight is 379 g/mol. The van der Waals surface area contributed by atoms with Crippen molar-refractivity contribution in [2.75, 3.05) is 19.4 Å². The van der Waals surface area contributed by atoms with E-state index in [0.717, 1.165) is 42.1 Å². The Balaban J connectivity index is 1.49. The summed E-state index contributed by atoms with van der Waals surface area (Å²) in [6.07, 6.45) is 9.05. The van der Waals surface area contributed by atoms with Gasteiger partial charge in [0, 0.05) is 36.0 Å². The lowest BCUT2D eigenvalue weighted by atomic mass is 9.85. The predicted octanol–water partition coefficient (Wildman–Crippen LogP) is 3.65. The van der Waals surface area contributed by atoms with E-state index in [1.807, 2.05) is 19.1 Å². The first-order chi connectivity index (χ1) is 13.5. The Bertz CT molecular complexity index is 989. The van der Waals surface area contributed by atoms with Crippen LogP contribution in [-0.2, 0) is 4.79 Å². The largest absolute Gasteiger partial charge is 0.441 e. The number of pyridine rings is 2. The van der Waals surface area contributed by atoms with Crippen molar-refractivity contribution >= 4 is 22.6 Å². The Morgan fingerprint density at radius 2 is 1.86 bits per heavy atom. The minimum Gasteiger partial charge on any atom is -0.441 e. The summed E-state index contributed by atoms with van der Waals surface area (Å²) in [6.45, 7) is 1.81. The number of amides is 1. The smallest absolute Gasteiger partial charge is 0.228 e. The van der Waals surface area contributed by atoms with Crippen LogP contribution >= 0.6 is 0 Å². The summed E-state index contributed by atoms with van der Waals surface area (Å²) in [4.78, 5) is 27.8. The summed E-state index contributed by atoms with van der Waals surface area (Å²) < 4.78 is 5.58. The van der Waals surface area contributed by atoms with Crippen LogP contribution in [0.25, 0.3) is 22.2 Å². The van der Waals surface area contributed by atoms with Crippen molar-refractivity contribution in [3.63, 3.8) is 0 Å². The molecule has 0 bridgehead atoms. The Morgan fingerprint density at radius 1 is 1.07 bits per heavy atom. The van der Waals surface area contributed by atoms with E-state index in [1.54, 1.807) is 18.6 Å². The molecule has 1 aliphatic carbocycles. The molecule has 3 aromatic heterocycles. The molecule has 0 aromatic carbocycles. The molecule has 0 spiro atoms. The van der Waals surface area contributed by atoms with Crippen molar-refractivity contribution in [3.8, 4) is 11.3 Å². The van der Waals surface area contributed by atoms with Crippen molar-refractivity contribution in [1.82, 2.24) is 19.9 Å². The van der Waals surface area contributed by atoms with E-state index >= 15 is 0 Å². The van der Waals surface area contributed by atoms with Gasteiger partial charge in [0.2, 0.25) is 5.91 Å². The Kier molecular flexibility index (Phi) is 5.09. The topological polar surface area (TPSA) is 84.2 Å². The van der Waals surface area contributed by atoms with Gasteiger partial charge in [-0.05, 0) is 51.9 Å². The van der Waals surface area contributed by atoms with Gasteiger partial charge >= 0.3 is 0 Å². The number of hydrogen-bond donors (Lipinski definition) is 1. The third-order valence-electron chi connectivity index (χ3n) is 5.52. The molecule has 3 heterocycles. The maximum absolute atomic E-state index is 12.7. The molecule has 7 heteroatoms. The molecular weight excluding hydrogens is 354 g/mol. The van der Waals surface area contributed by atoms with Gasteiger partial charge in [-0.25, -0.2) is 9.97 Å². The number of anilines is 1. The summed E-state index contributed by atoms with van der Waals surface area (Å²) >= 11 is 0. The van der Waals surface area contributed by atoms with Crippen LogP contribution in [0, 0.1) is 12.8 Å². The maximum atomic E-state index is 12.7. The molecule has 1 saturated carbocycles. The van der Waals surface area contributed by atoms with Crippen LogP contribution in [-0.4, -0.2) is 45.9 Å². The maximum Gasteiger partial charge on any atom is 0.228 e. The first-order valence-electron chi connectivity index (χ1n) is 9.65. The van der Waals surface area contributed by atoms with Crippen LogP contribution in [0.5, 0.6) is 0 Å². The fourth-order valence-electron chi connectivity index (χ4n) is 3.81. The highest BCUT2D eigenvalue weighted by atomic mass is 16.4. The SMILES string of the molecule is Cc1ncc(-c2cnc3cnc(NC(=O)[C@H]4CC[C@@H](N(C)C)CC4)cc3c2)o1. The Hall–Kier alpha value is -2.80. The highest BCUT2D eigenvalue weighted by Gasteiger charge is 2.27. The molecular formula is C21H25N5O2. The zero-order valence-electron chi connectivity index (χ0n) is 16.5. The van der Waals surface area contributed by atoms with Gasteiger partial charge in [-0.2, -0.15) is 0 Å². The third kappa shape index (κ3) is 3.89. The van der Waals surface area contributed by atoms with Gasteiger partial charge in [0.05, 0.1) is 17.9 Å². The molecule has 4 rings (SSSR count). The predicted molar refractivity (Wildman–Crippen MR) is 108 cm³/mol. The van der Waals surface area contributed by atoms with Crippen molar-refractivity contribution in [3.05, 3.63) is 36.6 Å². The van der Waals surface area contributed by atoms with Gasteiger partial charge in [-0.1, -0.05) is 0 Å². The zero-order valence-corrected chi connectivity index (χ0v) is 16.5. The molecule has 3 aromatic rings. The minimum absolute atomic E-state index is 0.0512. The summed E-state index contributed by atoms with van der Waals surface area (Å²) in [7, 11) is 4.21. The van der Waals surface area contributed by atoms with Crippen LogP contribution in [0.15, 0.2) is 35.1 Å². The highest BCUT2D eigenvalue weighted by Crippen LogP contribution is 2.28. The number of oxazole rings is 1. The molecule has 146 valence electrons. The molecule has 0 atom stereocenters. The van der Waals surface area contributed by atoms with Crippen molar-refractivity contribution in [2.24, 2.45) is 5.92 Å². The van der Waals surface area contributed by atoms with E-state index in [2.05, 4.69) is 39.3 Å². The second kappa shape index (κ2) is 7.67. The summed E-state index contributed by atoms with van der Waals surface area (Å²) in [5.41, 5.74) is 1.61. The molecule has 0 radical (unpaired) electrons. The zero-order chi connectivity index (χ0) is 19.7. The van der Waals surface area contributed by atoms with Gasteiger partial charge in [-0.3, -0.25) is 9.78 Å². The van der Waals surface area contributed by atoms with Gasteiger partial charge in [0.25, 0.3) is 0 Å². The van der Waals surface area contributed by atoms with Crippen LogP contribution in [0.1, 0.15) is 31.6 Å². The van der Waals surface area contributed by atoms with Crippen LogP contribution < -0.4 is 5.32 Å². The summed E-state index contributed by atoms with van der Waals surface area (Å²) in [5, 5.41) is 3.88. The molecule has 1 aliphatic rings. The fourth-order valence-corrected chi connectivity index (χ4v) is 3.81. The van der Waals surface area contributed by atoms with Crippen LogP contribution in [0.4, 0.5) is 5.82 Å². The number of hydrogen-bond acceptors (Lipinski definition) is 6. The normalized spacial score (nSPS) is 19.9. The van der Waals surface area contributed by atoms with Gasteiger partial charge in [-0.15, -0.1) is 0 Å². The fraction of sp³-hybridized carbons (Fsp3) is 0.429. The standard InChI is InChI=1S/C21H25N5O2/c1-13-22-12-19(28-13)16-8-15-9-20(24-11-18(15)23-10-16)25-21(27)14-4-6-17(7-5-14)26(2)3/h8-12,14,17H,4-7H2,1-3H3,(H,24,25,27)/t14-,17+. The summed E-state index contributed by atoms with van der Waals surface area (Å²) in [5.74, 6) is 1.95. The first-order valence-corrected chi connectivity index (χ1v) is 9.65. The second-order valence-electron chi connectivity index (χ2n) is 7.69. The lowest BCUT2D eigenvalue weighted by Gasteiger charge is -2.31. The molecule has 7 nitrogen and oxygen atoms in total. The molecule has 1 fully saturated rings. The van der Waals surface area contributed by atoms with E-state index in [0.29, 0.717) is 23.5 Å². The first kappa shape index (κ1) is 18.6. The van der Waals surface area contributed by atoms with Crippen LogP contribution in [0.2, 0.25) is 0 Å². The van der Waals surface area contributed by atoms with Crippen LogP contribution in [0.3, 0.4) is 0 Å². The monoisotopic (exact) mass is 379 g/mol. The molecule has 0 unspecified atom stereocenters. The van der Waals surface area contributed by atoms with E-state index in [-0.39, 0.29) is 11.8 Å². The molecule has 0 saturated heterocycles. The van der Waals surface area contributed by atoms with Crippen molar-refractivity contribution < 1.29 is 9.21 Å². The lowest BCUT2D eigenvalue weighted by Crippen LogP contribution is -2.35. The van der Waals surface area contributed by atoms with Gasteiger partial charge in [0.15, 0.2) is 11.7 Å². The number of carbonyl (C=O) groups excluding carboxylic acids is 1. The summed E-state index contributed by atoms with van der Waals surface area (Å²) in [6, 6.07) is 4.41. The van der Waals surface area contributed by atoms with E-state index in [9.17, 15) is 4.79 Å². The van der Waals surface area contributed by atoms with E-state index < -0.39 is 0 Å². The second-order valence-corrected chi connectivity index (χ2v) is 7.69. The Labute approximate surface area is 164 Å². The molecule has 28 heavy (non-hydrogen) atoms. The number of fused-ring (bicyclic) bond motifs is 1. The number of rotatable bonds is 4. The minimum atomic E-state index is 0.0512.